The van der Waals surface area contributed by atoms with E-state index in [2.05, 4.69) is 10.0 Å². The van der Waals surface area contributed by atoms with Crippen LogP contribution in [0, 0.1) is 0 Å². The lowest BCUT2D eigenvalue weighted by Crippen LogP contribution is -2.37. The molecule has 0 radical (unpaired) electrons. The fourth-order valence-corrected chi connectivity index (χ4v) is 5.63. The number of aliphatic carboxylic acids is 1. The predicted molar refractivity (Wildman–Crippen MR) is 129 cm³/mol. The van der Waals surface area contributed by atoms with Crippen LogP contribution in [0.1, 0.15) is 11.6 Å². The lowest BCUT2D eigenvalue weighted by molar-refractivity contribution is -0.135. The Morgan fingerprint density at radius 3 is 2.62 bits per heavy atom. The van der Waals surface area contributed by atoms with Gasteiger partial charge in [-0.05, 0) is 47.3 Å². The first kappa shape index (κ1) is 23.3. The van der Waals surface area contributed by atoms with Gasteiger partial charge in [-0.2, -0.15) is 0 Å². The normalized spacial score (nSPS) is 12.3. The molecule has 0 aliphatic carbocycles. The van der Waals surface area contributed by atoms with Crippen LogP contribution in [-0.4, -0.2) is 43.6 Å². The summed E-state index contributed by atoms with van der Waals surface area (Å²) in [6.07, 6.45) is 1.66. The van der Waals surface area contributed by atoms with Crippen molar-refractivity contribution >= 4 is 49.8 Å². The molecule has 2 heterocycles. The molecule has 0 aliphatic rings. The molecule has 0 saturated heterocycles. The van der Waals surface area contributed by atoms with Crippen LogP contribution in [0.4, 0.5) is 5.69 Å². The molecule has 34 heavy (non-hydrogen) atoms. The highest BCUT2D eigenvalue weighted by Crippen LogP contribution is 2.31. The number of amides is 1. The van der Waals surface area contributed by atoms with Gasteiger partial charge in [-0.15, -0.1) is 11.3 Å². The van der Waals surface area contributed by atoms with Crippen LogP contribution in [-0.2, 0) is 19.6 Å². The average molecular weight is 500 g/mol. The Hall–Kier alpha value is -3.83. The lowest BCUT2D eigenvalue weighted by atomic mass is 10.1. The van der Waals surface area contributed by atoms with E-state index in [0.717, 1.165) is 11.3 Å². The van der Waals surface area contributed by atoms with Crippen LogP contribution in [0.15, 0.2) is 76.4 Å². The molecule has 1 atom stereocenters. The Kier molecular flexibility index (Phi) is 6.57. The maximum atomic E-state index is 13.5. The van der Waals surface area contributed by atoms with E-state index < -0.39 is 27.9 Å². The highest BCUT2D eigenvalue weighted by molar-refractivity contribution is 7.92. The quantitative estimate of drug-likeness (QED) is 0.322. The van der Waals surface area contributed by atoms with Crippen molar-refractivity contribution in [3.63, 3.8) is 0 Å². The molecule has 1 amide bonds. The van der Waals surface area contributed by atoms with Gasteiger partial charge in [-0.1, -0.05) is 24.3 Å². The smallest absolute Gasteiger partial charge is 0.322 e. The van der Waals surface area contributed by atoms with Gasteiger partial charge >= 0.3 is 5.97 Å². The third kappa shape index (κ3) is 4.75. The number of hydrogen-bond donors (Lipinski definition) is 3. The maximum absolute atomic E-state index is 13.5. The number of benzene rings is 2. The zero-order valence-electron chi connectivity index (χ0n) is 18.0. The largest absolute Gasteiger partial charge is 0.497 e. The summed E-state index contributed by atoms with van der Waals surface area (Å²) in [5, 5.41) is 14.2. The van der Waals surface area contributed by atoms with Crippen molar-refractivity contribution in [3.05, 3.63) is 77.8 Å². The topological polar surface area (TPSA) is 127 Å². The van der Waals surface area contributed by atoms with Gasteiger partial charge in [0.2, 0.25) is 0 Å². The zero-order valence-corrected chi connectivity index (χ0v) is 19.6. The van der Waals surface area contributed by atoms with Crippen LogP contribution in [0.2, 0.25) is 0 Å². The molecule has 0 spiro atoms. The Labute approximate surface area is 199 Å². The van der Waals surface area contributed by atoms with Crippen molar-refractivity contribution < 1.29 is 27.9 Å². The highest BCUT2D eigenvalue weighted by Gasteiger charge is 2.29. The number of carboxylic acids is 1. The Bertz CT molecular complexity index is 1440. The molecule has 0 saturated carbocycles. The van der Waals surface area contributed by atoms with Crippen LogP contribution in [0.5, 0.6) is 5.75 Å². The third-order valence-corrected chi connectivity index (χ3v) is 7.87. The van der Waals surface area contributed by atoms with Crippen molar-refractivity contribution in [1.82, 2.24) is 9.29 Å². The van der Waals surface area contributed by atoms with E-state index in [-0.39, 0.29) is 10.8 Å². The Morgan fingerprint density at radius 1 is 1.12 bits per heavy atom. The van der Waals surface area contributed by atoms with E-state index in [0.29, 0.717) is 27.9 Å². The van der Waals surface area contributed by atoms with Crippen molar-refractivity contribution in [1.29, 1.82) is 0 Å². The summed E-state index contributed by atoms with van der Waals surface area (Å²) in [6.45, 7) is -0.275. The van der Waals surface area contributed by atoms with Crippen LogP contribution < -0.4 is 14.8 Å². The number of fused-ring (bicyclic) bond motifs is 1. The van der Waals surface area contributed by atoms with E-state index >= 15 is 0 Å². The molecule has 11 heteroatoms. The molecular formula is C23H21N3O6S2. The van der Waals surface area contributed by atoms with Gasteiger partial charge in [0.05, 0.1) is 12.6 Å². The molecule has 2 aromatic heterocycles. The fourth-order valence-electron chi connectivity index (χ4n) is 3.64. The van der Waals surface area contributed by atoms with E-state index in [1.807, 2.05) is 0 Å². The molecule has 9 nitrogen and oxygen atoms in total. The minimum atomic E-state index is -4.06. The van der Waals surface area contributed by atoms with Gasteiger partial charge in [0, 0.05) is 17.3 Å². The number of carbonyl (C=O) groups excluding carboxylic acids is 1. The van der Waals surface area contributed by atoms with Crippen molar-refractivity contribution in [2.24, 2.45) is 0 Å². The predicted octanol–water partition coefficient (Wildman–Crippen LogP) is 3.30. The number of carboxylic acid groups (broad SMARTS) is 1. The second kappa shape index (κ2) is 9.57. The number of methoxy groups -OCH3 is 1. The number of rotatable bonds is 9. The summed E-state index contributed by atoms with van der Waals surface area (Å²) in [6, 6.07) is 15.8. The van der Waals surface area contributed by atoms with Gasteiger partial charge in [0.1, 0.15) is 22.5 Å². The first-order chi connectivity index (χ1) is 16.3. The Balaban J connectivity index is 1.80. The summed E-state index contributed by atoms with van der Waals surface area (Å²) in [5.41, 5.74) is 1.71. The molecule has 2 aromatic carbocycles. The van der Waals surface area contributed by atoms with Gasteiger partial charge in [-0.25, -0.2) is 13.1 Å². The van der Waals surface area contributed by atoms with Crippen molar-refractivity contribution in [3.8, 4) is 5.75 Å². The average Bonchev–Trinajstić information content (AvgIpc) is 3.49. The monoisotopic (exact) mass is 499 g/mol. The minimum Gasteiger partial charge on any atom is -0.497 e. The number of aromatic nitrogens is 1. The second-order valence-corrected chi connectivity index (χ2v) is 10.1. The van der Waals surface area contributed by atoms with Crippen molar-refractivity contribution in [2.75, 3.05) is 19.0 Å². The van der Waals surface area contributed by atoms with Crippen LogP contribution in [0.25, 0.3) is 10.9 Å². The lowest BCUT2D eigenvalue weighted by Gasteiger charge is -2.21. The van der Waals surface area contributed by atoms with Crippen molar-refractivity contribution in [2.45, 2.75) is 10.3 Å². The van der Waals surface area contributed by atoms with Gasteiger partial charge < -0.3 is 19.7 Å². The molecule has 1 unspecified atom stereocenters. The molecular weight excluding hydrogens is 478 g/mol. The number of ether oxygens (including phenoxy) is 1. The van der Waals surface area contributed by atoms with Gasteiger partial charge in [0.25, 0.3) is 15.9 Å². The van der Waals surface area contributed by atoms with E-state index in [1.165, 1.54) is 13.2 Å². The number of carbonyl (C=O) groups is 2. The standard InChI is InChI=1S/C23H21N3O6S2/c1-32-16-6-2-5-15(13-16)22(23(29)25-34(30,31)21-9-4-12-33-21)26-11-10-17-18(24-14-20(27)28)7-3-8-19(17)26/h2-13,22,24H,14H2,1H3,(H,25,29)(H,27,28). The number of nitrogens with zero attached hydrogens (tertiary/aromatic N) is 1. The first-order valence-corrected chi connectivity index (χ1v) is 12.5. The van der Waals surface area contributed by atoms with Gasteiger partial charge in [-0.3, -0.25) is 9.59 Å². The zero-order chi connectivity index (χ0) is 24.3. The second-order valence-electron chi connectivity index (χ2n) is 7.29. The number of sulfonamides is 1. The molecule has 0 fully saturated rings. The molecule has 4 rings (SSSR count). The van der Waals surface area contributed by atoms with Crippen LogP contribution >= 0.6 is 11.3 Å². The van der Waals surface area contributed by atoms with Crippen LogP contribution in [0.3, 0.4) is 0 Å². The third-order valence-electron chi connectivity index (χ3n) is 5.12. The Morgan fingerprint density at radius 2 is 1.91 bits per heavy atom. The van der Waals surface area contributed by atoms with E-state index in [9.17, 15) is 18.0 Å². The van der Waals surface area contributed by atoms with Gasteiger partial charge in [0.15, 0.2) is 0 Å². The minimum absolute atomic E-state index is 0.0303. The molecule has 3 N–H and O–H groups in total. The summed E-state index contributed by atoms with van der Waals surface area (Å²) < 4.78 is 34.7. The van der Waals surface area contributed by atoms with E-state index in [4.69, 9.17) is 9.84 Å². The number of anilines is 1. The molecule has 0 bridgehead atoms. The van der Waals surface area contributed by atoms with E-state index in [1.54, 1.807) is 70.7 Å². The summed E-state index contributed by atoms with van der Waals surface area (Å²) in [5.74, 6) is -1.25. The summed E-state index contributed by atoms with van der Waals surface area (Å²) in [4.78, 5) is 24.5. The molecule has 176 valence electrons. The maximum Gasteiger partial charge on any atom is 0.322 e. The first-order valence-electron chi connectivity index (χ1n) is 10.1. The number of hydrogen-bond acceptors (Lipinski definition) is 7. The SMILES string of the molecule is COc1cccc(C(C(=O)NS(=O)(=O)c2cccs2)n2ccc3c(NCC(=O)O)cccc32)c1. The molecule has 4 aromatic rings. The number of thiophene rings is 1. The summed E-state index contributed by atoms with van der Waals surface area (Å²) >= 11 is 1.01. The summed E-state index contributed by atoms with van der Waals surface area (Å²) in [7, 11) is -2.56. The highest BCUT2D eigenvalue weighted by atomic mass is 32.2. The fraction of sp³-hybridized carbons (Fsp3) is 0.130. The molecule has 0 aliphatic heterocycles. The number of nitrogens with one attached hydrogen (secondary N) is 2.